The van der Waals surface area contributed by atoms with Crippen LogP contribution in [-0.2, 0) is 5.54 Å². The SMILES string of the molecule is CC(C)(N)c1ccc(F)c(Cl)c1.Cl. The number of nitrogens with two attached hydrogens (primary N) is 1. The predicted octanol–water partition coefficient (Wildman–Crippen LogP) is 3.09. The fourth-order valence-corrected chi connectivity index (χ4v) is 1.08. The molecule has 0 spiro atoms. The highest BCUT2D eigenvalue weighted by Crippen LogP contribution is 2.22. The van der Waals surface area contributed by atoms with Crippen LogP contribution in [0.4, 0.5) is 4.39 Å². The van der Waals surface area contributed by atoms with Crippen LogP contribution in [0.25, 0.3) is 0 Å². The standard InChI is InChI=1S/C9H11ClFN.ClH/c1-9(2,12)6-3-4-8(11)7(10)5-6;/h3-5H,12H2,1-2H3;1H. The molecule has 4 heteroatoms. The van der Waals surface area contributed by atoms with Gasteiger partial charge in [-0.2, -0.15) is 0 Å². The van der Waals surface area contributed by atoms with Gasteiger partial charge in [-0.05, 0) is 31.5 Å². The molecule has 0 saturated carbocycles. The molecule has 0 amide bonds. The zero-order chi connectivity index (χ0) is 9.35. The first kappa shape index (κ1) is 12.7. The summed E-state index contributed by atoms with van der Waals surface area (Å²) in [6.45, 7) is 3.69. The highest BCUT2D eigenvalue weighted by molar-refractivity contribution is 6.30. The molecule has 0 aliphatic rings. The first-order valence-electron chi connectivity index (χ1n) is 3.65. The van der Waals surface area contributed by atoms with Crippen molar-refractivity contribution in [3.63, 3.8) is 0 Å². The van der Waals surface area contributed by atoms with Gasteiger partial charge in [0.1, 0.15) is 5.82 Å². The number of halogens is 3. The minimum Gasteiger partial charge on any atom is -0.322 e. The smallest absolute Gasteiger partial charge is 0.141 e. The van der Waals surface area contributed by atoms with E-state index in [1.54, 1.807) is 12.1 Å². The van der Waals surface area contributed by atoms with Crippen molar-refractivity contribution < 1.29 is 4.39 Å². The normalized spacial score (nSPS) is 10.8. The molecule has 0 aliphatic carbocycles. The summed E-state index contributed by atoms with van der Waals surface area (Å²) in [6, 6.07) is 4.52. The lowest BCUT2D eigenvalue weighted by Crippen LogP contribution is -2.28. The van der Waals surface area contributed by atoms with Crippen molar-refractivity contribution in [1.82, 2.24) is 0 Å². The molecule has 0 saturated heterocycles. The zero-order valence-corrected chi connectivity index (χ0v) is 9.05. The first-order valence-corrected chi connectivity index (χ1v) is 4.03. The third-order valence-electron chi connectivity index (χ3n) is 1.66. The van der Waals surface area contributed by atoms with E-state index < -0.39 is 11.4 Å². The molecule has 1 nitrogen and oxygen atoms in total. The number of rotatable bonds is 1. The number of benzene rings is 1. The number of hydrogen-bond acceptors (Lipinski definition) is 1. The summed E-state index contributed by atoms with van der Waals surface area (Å²) in [5.41, 5.74) is 6.15. The van der Waals surface area contributed by atoms with Crippen molar-refractivity contribution >= 4 is 24.0 Å². The molecule has 1 rings (SSSR count). The van der Waals surface area contributed by atoms with Crippen LogP contribution in [0.15, 0.2) is 18.2 Å². The quantitative estimate of drug-likeness (QED) is 0.779. The molecule has 0 unspecified atom stereocenters. The van der Waals surface area contributed by atoms with Gasteiger partial charge in [-0.25, -0.2) is 4.39 Å². The average Bonchev–Trinajstić information content (AvgIpc) is 1.92. The van der Waals surface area contributed by atoms with Gasteiger partial charge in [-0.3, -0.25) is 0 Å². The van der Waals surface area contributed by atoms with Crippen LogP contribution in [0.2, 0.25) is 5.02 Å². The molecule has 2 N–H and O–H groups in total. The molecule has 13 heavy (non-hydrogen) atoms. The molecule has 0 radical (unpaired) electrons. The summed E-state index contributed by atoms with van der Waals surface area (Å²) in [7, 11) is 0. The topological polar surface area (TPSA) is 26.0 Å². The minimum absolute atomic E-state index is 0. The Kier molecular flexibility index (Phi) is 4.17. The van der Waals surface area contributed by atoms with Gasteiger partial charge in [-0.15, -0.1) is 12.4 Å². The number of hydrogen-bond donors (Lipinski definition) is 1. The molecule has 1 aromatic carbocycles. The van der Waals surface area contributed by atoms with Crippen molar-refractivity contribution in [2.24, 2.45) is 5.73 Å². The molecule has 0 heterocycles. The van der Waals surface area contributed by atoms with E-state index in [1.165, 1.54) is 6.07 Å². The maximum atomic E-state index is 12.7. The van der Waals surface area contributed by atoms with E-state index in [-0.39, 0.29) is 17.4 Å². The van der Waals surface area contributed by atoms with Gasteiger partial charge < -0.3 is 5.73 Å². The van der Waals surface area contributed by atoms with Gasteiger partial charge >= 0.3 is 0 Å². The van der Waals surface area contributed by atoms with Gasteiger partial charge in [0.25, 0.3) is 0 Å². The second-order valence-electron chi connectivity index (χ2n) is 3.35. The largest absolute Gasteiger partial charge is 0.322 e. The van der Waals surface area contributed by atoms with E-state index in [4.69, 9.17) is 17.3 Å². The van der Waals surface area contributed by atoms with E-state index in [0.29, 0.717) is 0 Å². The molecule has 74 valence electrons. The Bertz CT molecular complexity index is 294. The summed E-state index contributed by atoms with van der Waals surface area (Å²) in [4.78, 5) is 0. The van der Waals surface area contributed by atoms with E-state index in [1.807, 2.05) is 13.8 Å². The van der Waals surface area contributed by atoms with Gasteiger partial charge in [0.2, 0.25) is 0 Å². The monoisotopic (exact) mass is 223 g/mol. The van der Waals surface area contributed by atoms with Gasteiger partial charge in [0.15, 0.2) is 0 Å². The lowest BCUT2D eigenvalue weighted by atomic mass is 9.96. The molecular weight excluding hydrogens is 212 g/mol. The molecule has 0 aliphatic heterocycles. The third kappa shape index (κ3) is 3.14. The molecular formula is C9H12Cl2FN. The van der Waals surface area contributed by atoms with Crippen molar-refractivity contribution in [3.05, 3.63) is 34.6 Å². The maximum absolute atomic E-state index is 12.7. The Morgan fingerprint density at radius 2 is 1.92 bits per heavy atom. The first-order chi connectivity index (χ1) is 5.41. The molecule has 0 atom stereocenters. The minimum atomic E-state index is -0.475. The van der Waals surface area contributed by atoms with E-state index in [2.05, 4.69) is 0 Å². The Morgan fingerprint density at radius 1 is 1.38 bits per heavy atom. The Hall–Kier alpha value is -0.310. The Morgan fingerprint density at radius 3 is 2.31 bits per heavy atom. The average molecular weight is 224 g/mol. The maximum Gasteiger partial charge on any atom is 0.141 e. The molecule has 0 fully saturated rings. The highest BCUT2D eigenvalue weighted by atomic mass is 35.5. The van der Waals surface area contributed by atoms with Crippen LogP contribution in [0.1, 0.15) is 19.4 Å². The lowest BCUT2D eigenvalue weighted by molar-refractivity contribution is 0.551. The van der Waals surface area contributed by atoms with Crippen molar-refractivity contribution in [3.8, 4) is 0 Å². The second kappa shape index (κ2) is 4.27. The van der Waals surface area contributed by atoms with Crippen molar-refractivity contribution in [2.45, 2.75) is 19.4 Å². The fraction of sp³-hybridized carbons (Fsp3) is 0.333. The van der Waals surface area contributed by atoms with Crippen LogP contribution in [-0.4, -0.2) is 0 Å². The Balaban J connectivity index is 0.00000144. The summed E-state index contributed by atoms with van der Waals surface area (Å²) >= 11 is 5.59. The van der Waals surface area contributed by atoms with Crippen molar-refractivity contribution in [1.29, 1.82) is 0 Å². The molecule has 0 bridgehead atoms. The van der Waals surface area contributed by atoms with E-state index in [9.17, 15) is 4.39 Å². The van der Waals surface area contributed by atoms with Crippen LogP contribution in [0, 0.1) is 5.82 Å². The molecule has 0 aromatic heterocycles. The highest BCUT2D eigenvalue weighted by Gasteiger charge is 2.14. The Labute approximate surface area is 88.5 Å². The van der Waals surface area contributed by atoms with Gasteiger partial charge in [0, 0.05) is 5.54 Å². The summed E-state index contributed by atoms with van der Waals surface area (Å²) < 4.78 is 12.7. The van der Waals surface area contributed by atoms with Crippen LogP contribution < -0.4 is 5.73 Å². The van der Waals surface area contributed by atoms with E-state index in [0.717, 1.165) is 5.56 Å². The third-order valence-corrected chi connectivity index (χ3v) is 1.95. The second-order valence-corrected chi connectivity index (χ2v) is 3.76. The zero-order valence-electron chi connectivity index (χ0n) is 7.47. The fourth-order valence-electron chi connectivity index (χ4n) is 0.897. The predicted molar refractivity (Wildman–Crippen MR) is 55.9 cm³/mol. The summed E-state index contributed by atoms with van der Waals surface area (Å²) in [6.07, 6.45) is 0. The van der Waals surface area contributed by atoms with Crippen LogP contribution in [0.3, 0.4) is 0 Å². The molecule has 1 aromatic rings. The van der Waals surface area contributed by atoms with Crippen LogP contribution in [0.5, 0.6) is 0 Å². The van der Waals surface area contributed by atoms with Crippen molar-refractivity contribution in [2.75, 3.05) is 0 Å². The van der Waals surface area contributed by atoms with Crippen LogP contribution >= 0.6 is 24.0 Å². The summed E-state index contributed by atoms with van der Waals surface area (Å²) in [5.74, 6) is -0.412. The lowest BCUT2D eigenvalue weighted by Gasteiger charge is -2.19. The van der Waals surface area contributed by atoms with Gasteiger partial charge in [0.05, 0.1) is 5.02 Å². The van der Waals surface area contributed by atoms with E-state index >= 15 is 0 Å². The van der Waals surface area contributed by atoms with Gasteiger partial charge in [-0.1, -0.05) is 17.7 Å². The summed E-state index contributed by atoms with van der Waals surface area (Å²) in [5, 5.41) is 0.117.